The van der Waals surface area contributed by atoms with Gasteiger partial charge < -0.3 is 10.6 Å². The number of aromatic nitrogens is 2. The molecule has 0 aliphatic heterocycles. The fourth-order valence-electron chi connectivity index (χ4n) is 2.80. The molecule has 0 radical (unpaired) electrons. The molecule has 2 N–H and O–H groups in total. The van der Waals surface area contributed by atoms with Crippen LogP contribution in [0, 0.1) is 34.6 Å². The van der Waals surface area contributed by atoms with Gasteiger partial charge in [0.2, 0.25) is 5.95 Å². The lowest BCUT2D eigenvalue weighted by Crippen LogP contribution is -2.16. The second-order valence-electron chi connectivity index (χ2n) is 6.86. The van der Waals surface area contributed by atoms with E-state index in [4.69, 9.17) is 0 Å². The predicted molar refractivity (Wildman–Crippen MR) is 110 cm³/mol. The van der Waals surface area contributed by atoms with Crippen LogP contribution in [0.15, 0.2) is 42.5 Å². The van der Waals surface area contributed by atoms with Crippen LogP contribution in [0.5, 0.6) is 0 Å². The number of hydrogen-bond donors (Lipinski definition) is 2. The SMILES string of the molecule is Cc1ccc(C)c(Nc2nc(C)cc(C(=O)Nc3cccc(C)c3C)n2)c1. The largest absolute Gasteiger partial charge is 0.324 e. The van der Waals surface area contributed by atoms with Crippen molar-refractivity contribution in [1.82, 2.24) is 9.97 Å². The van der Waals surface area contributed by atoms with Crippen LogP contribution in [-0.2, 0) is 0 Å². The van der Waals surface area contributed by atoms with Crippen molar-refractivity contribution < 1.29 is 4.79 Å². The molecule has 1 heterocycles. The normalized spacial score (nSPS) is 10.6. The fourth-order valence-corrected chi connectivity index (χ4v) is 2.80. The summed E-state index contributed by atoms with van der Waals surface area (Å²) in [5.41, 5.74) is 7.19. The Bertz CT molecular complexity index is 1010. The molecule has 0 fully saturated rings. The average Bonchev–Trinajstić information content (AvgIpc) is 2.61. The van der Waals surface area contributed by atoms with Gasteiger partial charge in [-0.1, -0.05) is 24.3 Å². The summed E-state index contributed by atoms with van der Waals surface area (Å²) in [4.78, 5) is 21.6. The van der Waals surface area contributed by atoms with Gasteiger partial charge in [-0.2, -0.15) is 0 Å². The van der Waals surface area contributed by atoms with Crippen molar-refractivity contribution in [3.05, 3.63) is 76.1 Å². The van der Waals surface area contributed by atoms with E-state index in [1.807, 2.05) is 65.0 Å². The van der Waals surface area contributed by atoms with Crippen molar-refractivity contribution in [2.75, 3.05) is 10.6 Å². The van der Waals surface area contributed by atoms with E-state index in [2.05, 4.69) is 26.7 Å². The van der Waals surface area contributed by atoms with Crippen LogP contribution in [0.1, 0.15) is 38.4 Å². The molecule has 0 unspecified atom stereocenters. The van der Waals surface area contributed by atoms with E-state index in [0.717, 1.165) is 39.3 Å². The molecule has 1 amide bonds. The molecule has 138 valence electrons. The van der Waals surface area contributed by atoms with Gasteiger partial charge >= 0.3 is 0 Å². The summed E-state index contributed by atoms with van der Waals surface area (Å²) in [6, 6.07) is 13.7. The Hall–Kier alpha value is -3.21. The molecule has 0 aliphatic carbocycles. The second-order valence-corrected chi connectivity index (χ2v) is 6.86. The van der Waals surface area contributed by atoms with Crippen LogP contribution < -0.4 is 10.6 Å². The van der Waals surface area contributed by atoms with Crippen molar-refractivity contribution in [2.24, 2.45) is 0 Å². The molecule has 0 aliphatic rings. The fraction of sp³-hybridized carbons (Fsp3) is 0.227. The standard InChI is InChI=1S/C22H24N4O/c1-13-9-10-15(3)19(11-13)25-22-23-16(4)12-20(26-22)21(27)24-18-8-6-7-14(2)17(18)5/h6-12H,1-5H3,(H,24,27)(H,23,25,26). The van der Waals surface area contributed by atoms with Crippen LogP contribution in [0.3, 0.4) is 0 Å². The zero-order chi connectivity index (χ0) is 19.6. The van der Waals surface area contributed by atoms with Gasteiger partial charge in [0, 0.05) is 17.1 Å². The van der Waals surface area contributed by atoms with Gasteiger partial charge in [-0.3, -0.25) is 4.79 Å². The highest BCUT2D eigenvalue weighted by molar-refractivity contribution is 6.03. The summed E-state index contributed by atoms with van der Waals surface area (Å²) in [6.07, 6.45) is 0. The minimum Gasteiger partial charge on any atom is -0.324 e. The number of aryl methyl sites for hydroxylation is 4. The highest BCUT2D eigenvalue weighted by Crippen LogP contribution is 2.21. The Morgan fingerprint density at radius 1 is 0.852 bits per heavy atom. The van der Waals surface area contributed by atoms with E-state index in [-0.39, 0.29) is 5.91 Å². The Kier molecular flexibility index (Phi) is 5.21. The predicted octanol–water partition coefficient (Wildman–Crippen LogP) is 5.01. The number of rotatable bonds is 4. The number of hydrogen-bond acceptors (Lipinski definition) is 4. The number of benzene rings is 2. The Labute approximate surface area is 159 Å². The molecule has 5 heteroatoms. The molecule has 27 heavy (non-hydrogen) atoms. The Morgan fingerprint density at radius 3 is 2.41 bits per heavy atom. The number of amides is 1. The van der Waals surface area contributed by atoms with E-state index in [0.29, 0.717) is 11.6 Å². The molecule has 0 bridgehead atoms. The van der Waals surface area contributed by atoms with Crippen LogP contribution in [0.4, 0.5) is 17.3 Å². The summed E-state index contributed by atoms with van der Waals surface area (Å²) < 4.78 is 0. The van der Waals surface area contributed by atoms with Crippen molar-refractivity contribution in [3.63, 3.8) is 0 Å². The van der Waals surface area contributed by atoms with Crippen LogP contribution in [0.2, 0.25) is 0 Å². The molecule has 3 aromatic rings. The van der Waals surface area contributed by atoms with Crippen molar-refractivity contribution in [1.29, 1.82) is 0 Å². The lowest BCUT2D eigenvalue weighted by molar-refractivity contribution is 0.102. The van der Waals surface area contributed by atoms with E-state index in [1.54, 1.807) is 6.07 Å². The smallest absolute Gasteiger partial charge is 0.274 e. The second kappa shape index (κ2) is 7.58. The summed E-state index contributed by atoms with van der Waals surface area (Å²) >= 11 is 0. The molecule has 3 rings (SSSR count). The van der Waals surface area contributed by atoms with E-state index in [1.165, 1.54) is 0 Å². The molecule has 2 aromatic carbocycles. The number of carbonyl (C=O) groups excluding carboxylic acids is 1. The topological polar surface area (TPSA) is 66.9 Å². The van der Waals surface area contributed by atoms with Gasteiger partial charge in [0.25, 0.3) is 5.91 Å². The first-order valence-corrected chi connectivity index (χ1v) is 8.91. The maximum atomic E-state index is 12.7. The molecular weight excluding hydrogens is 336 g/mol. The molecule has 0 saturated heterocycles. The van der Waals surface area contributed by atoms with Crippen molar-refractivity contribution in [3.8, 4) is 0 Å². The molecule has 5 nitrogen and oxygen atoms in total. The van der Waals surface area contributed by atoms with Gasteiger partial charge in [0.1, 0.15) is 5.69 Å². The molecular formula is C22H24N4O. The van der Waals surface area contributed by atoms with Gasteiger partial charge in [0.15, 0.2) is 0 Å². The zero-order valence-electron chi connectivity index (χ0n) is 16.3. The summed E-state index contributed by atoms with van der Waals surface area (Å²) in [7, 11) is 0. The summed E-state index contributed by atoms with van der Waals surface area (Å²) in [5.74, 6) is 0.160. The lowest BCUT2D eigenvalue weighted by Gasteiger charge is -2.12. The highest BCUT2D eigenvalue weighted by Gasteiger charge is 2.13. The van der Waals surface area contributed by atoms with Gasteiger partial charge in [-0.15, -0.1) is 0 Å². The first-order valence-electron chi connectivity index (χ1n) is 8.91. The molecule has 1 aromatic heterocycles. The minimum atomic E-state index is -0.252. The first-order chi connectivity index (χ1) is 12.8. The Morgan fingerprint density at radius 2 is 1.63 bits per heavy atom. The lowest BCUT2D eigenvalue weighted by atomic mass is 10.1. The number of carbonyl (C=O) groups is 1. The molecule has 0 saturated carbocycles. The van der Waals surface area contributed by atoms with Crippen LogP contribution >= 0.6 is 0 Å². The van der Waals surface area contributed by atoms with Crippen molar-refractivity contribution in [2.45, 2.75) is 34.6 Å². The number of nitrogens with zero attached hydrogens (tertiary/aromatic N) is 2. The quantitative estimate of drug-likeness (QED) is 0.686. The summed E-state index contributed by atoms with van der Waals surface area (Å²) in [5, 5.41) is 6.18. The molecule has 0 spiro atoms. The maximum absolute atomic E-state index is 12.7. The monoisotopic (exact) mass is 360 g/mol. The van der Waals surface area contributed by atoms with E-state index in [9.17, 15) is 4.79 Å². The third kappa shape index (κ3) is 4.31. The third-order valence-corrected chi connectivity index (χ3v) is 4.58. The minimum absolute atomic E-state index is 0.252. The van der Waals surface area contributed by atoms with E-state index >= 15 is 0 Å². The maximum Gasteiger partial charge on any atom is 0.274 e. The first kappa shape index (κ1) is 18.6. The van der Waals surface area contributed by atoms with Gasteiger partial charge in [-0.05, 0) is 75.1 Å². The van der Waals surface area contributed by atoms with Crippen LogP contribution in [0.25, 0.3) is 0 Å². The summed E-state index contributed by atoms with van der Waals surface area (Å²) in [6.45, 7) is 9.91. The number of anilines is 3. The van der Waals surface area contributed by atoms with Crippen molar-refractivity contribution >= 4 is 23.2 Å². The van der Waals surface area contributed by atoms with Gasteiger partial charge in [0.05, 0.1) is 0 Å². The van der Waals surface area contributed by atoms with E-state index < -0.39 is 0 Å². The highest BCUT2D eigenvalue weighted by atomic mass is 16.1. The third-order valence-electron chi connectivity index (χ3n) is 4.58. The van der Waals surface area contributed by atoms with Crippen LogP contribution in [-0.4, -0.2) is 15.9 Å². The van der Waals surface area contributed by atoms with Gasteiger partial charge in [-0.25, -0.2) is 9.97 Å². The molecule has 0 atom stereocenters. The average molecular weight is 360 g/mol. The zero-order valence-corrected chi connectivity index (χ0v) is 16.3. The Balaban J connectivity index is 1.87. The number of nitrogens with one attached hydrogen (secondary N) is 2.